The number of hydrogen-bond acceptors (Lipinski definition) is 8. The Labute approximate surface area is 223 Å². The van der Waals surface area contributed by atoms with Gasteiger partial charge in [-0.3, -0.25) is 14.5 Å². The van der Waals surface area contributed by atoms with Gasteiger partial charge in [-0.25, -0.2) is 14.2 Å². The van der Waals surface area contributed by atoms with Gasteiger partial charge in [-0.05, 0) is 64.3 Å². The lowest BCUT2D eigenvalue weighted by Crippen LogP contribution is -2.48. The lowest BCUT2D eigenvalue weighted by atomic mass is 10.1. The minimum atomic E-state index is -0.761. The van der Waals surface area contributed by atoms with Crippen molar-refractivity contribution < 1.29 is 23.5 Å². The monoisotopic (exact) mass is 533 g/mol. The van der Waals surface area contributed by atoms with Crippen molar-refractivity contribution in [3.8, 4) is 0 Å². The second-order valence-corrected chi connectivity index (χ2v) is 10.3. The number of likely N-dealkylation sites (N-methyl/N-ethyl adjacent to an activating group) is 2. The molecule has 210 valence electrons. The number of amides is 3. The zero-order chi connectivity index (χ0) is 28.8. The fourth-order valence-electron chi connectivity index (χ4n) is 3.68. The van der Waals surface area contributed by atoms with Gasteiger partial charge in [0.05, 0.1) is 6.04 Å². The second-order valence-electron chi connectivity index (χ2n) is 10.3. The van der Waals surface area contributed by atoms with Crippen molar-refractivity contribution in [2.45, 2.75) is 65.1 Å². The Morgan fingerprint density at radius 2 is 1.87 bits per heavy atom. The van der Waals surface area contributed by atoms with Crippen LogP contribution < -0.4 is 21.7 Å². The van der Waals surface area contributed by atoms with E-state index in [0.29, 0.717) is 29.9 Å². The molecule has 1 aliphatic heterocycles. The second kappa shape index (κ2) is 12.6. The molecule has 2 rings (SSSR count). The van der Waals surface area contributed by atoms with Gasteiger partial charge in [0.1, 0.15) is 29.0 Å². The molecule has 38 heavy (non-hydrogen) atoms. The summed E-state index contributed by atoms with van der Waals surface area (Å²) in [6.45, 7) is 9.01. The molecule has 1 aromatic rings. The molecule has 0 aromatic heterocycles. The lowest BCUT2D eigenvalue weighted by Gasteiger charge is -2.31. The van der Waals surface area contributed by atoms with E-state index in [1.165, 1.54) is 24.1 Å². The summed E-state index contributed by atoms with van der Waals surface area (Å²) in [6, 6.07) is 3.39. The Hall–Kier alpha value is -3.83. The summed E-state index contributed by atoms with van der Waals surface area (Å²) in [5.41, 5.74) is 5.98. The molecule has 0 saturated heterocycles. The number of benzene rings is 1. The highest BCUT2D eigenvalue weighted by Gasteiger charge is 2.28. The fourth-order valence-corrected chi connectivity index (χ4v) is 3.68. The summed E-state index contributed by atoms with van der Waals surface area (Å²) in [4.78, 5) is 44.5. The largest absolute Gasteiger partial charge is 0.444 e. The van der Waals surface area contributed by atoms with Crippen LogP contribution in [0.1, 0.15) is 46.6 Å². The number of aliphatic imine (C=N–C) groups is 1. The van der Waals surface area contributed by atoms with E-state index in [2.05, 4.69) is 20.9 Å². The molecular formula is C26H40FN7O4. The molecule has 12 heteroatoms. The molecule has 11 nitrogen and oxygen atoms in total. The number of carbonyl (C=O) groups is 3. The number of rotatable bonds is 9. The number of carbonyl (C=O) groups excluding carboxylic acids is 3. The number of hydrogen-bond donors (Lipinski definition) is 4. The number of primary amides is 1. The number of anilines is 1. The maximum atomic E-state index is 14.5. The van der Waals surface area contributed by atoms with Crippen LogP contribution in [-0.4, -0.2) is 78.9 Å². The molecular weight excluding hydrogens is 493 g/mol. The molecule has 0 fully saturated rings. The highest BCUT2D eigenvalue weighted by atomic mass is 19.1. The van der Waals surface area contributed by atoms with Gasteiger partial charge >= 0.3 is 6.09 Å². The third-order valence-corrected chi connectivity index (χ3v) is 5.78. The first-order valence-electron chi connectivity index (χ1n) is 12.5. The molecule has 1 unspecified atom stereocenters. The molecule has 0 bridgehead atoms. The van der Waals surface area contributed by atoms with Gasteiger partial charge in [0.25, 0.3) is 5.91 Å². The lowest BCUT2D eigenvalue weighted by molar-refractivity contribution is -0.125. The molecule has 5 N–H and O–H groups in total. The third-order valence-electron chi connectivity index (χ3n) is 5.78. The normalized spacial score (nSPS) is 16.1. The Balaban J connectivity index is 2.10. The molecule has 1 aliphatic rings. The first kappa shape index (κ1) is 30.4. The van der Waals surface area contributed by atoms with Crippen LogP contribution in [0.4, 0.5) is 14.9 Å². The Morgan fingerprint density at radius 3 is 2.42 bits per heavy atom. The number of nitrogens with one attached hydrogen (secondary N) is 3. The number of amidine groups is 1. The summed E-state index contributed by atoms with van der Waals surface area (Å²) in [5.74, 6) is -0.659. The highest BCUT2D eigenvalue weighted by molar-refractivity contribution is 5.98. The van der Waals surface area contributed by atoms with Crippen molar-refractivity contribution in [3.05, 3.63) is 41.1 Å². The van der Waals surface area contributed by atoms with E-state index in [9.17, 15) is 18.8 Å². The van der Waals surface area contributed by atoms with E-state index in [-0.39, 0.29) is 30.0 Å². The number of halogens is 1. The zero-order valence-corrected chi connectivity index (χ0v) is 23.4. The topological polar surface area (TPSA) is 141 Å². The minimum absolute atomic E-state index is 0.114. The number of nitrogens with two attached hydrogens (primary N) is 1. The molecule has 0 spiro atoms. The average molecular weight is 534 g/mol. The first-order chi connectivity index (χ1) is 17.6. The van der Waals surface area contributed by atoms with E-state index in [4.69, 9.17) is 10.5 Å². The van der Waals surface area contributed by atoms with Crippen molar-refractivity contribution in [1.82, 2.24) is 20.4 Å². The summed E-state index contributed by atoms with van der Waals surface area (Å²) >= 11 is 0. The maximum absolute atomic E-state index is 14.5. The third kappa shape index (κ3) is 8.35. The van der Waals surface area contributed by atoms with Gasteiger partial charge in [0.2, 0.25) is 5.91 Å². The van der Waals surface area contributed by atoms with Crippen LogP contribution in [0.15, 0.2) is 34.7 Å². The Bertz CT molecular complexity index is 1110. The Morgan fingerprint density at radius 1 is 1.21 bits per heavy atom. The van der Waals surface area contributed by atoms with Gasteiger partial charge in [0.15, 0.2) is 5.82 Å². The number of nitrogens with zero attached hydrogens (tertiary/aromatic N) is 3. The van der Waals surface area contributed by atoms with Crippen molar-refractivity contribution >= 4 is 29.4 Å². The van der Waals surface area contributed by atoms with Crippen LogP contribution in [0.2, 0.25) is 0 Å². The van der Waals surface area contributed by atoms with Crippen LogP contribution in [0.5, 0.6) is 0 Å². The van der Waals surface area contributed by atoms with Gasteiger partial charge in [-0.1, -0.05) is 6.92 Å². The van der Waals surface area contributed by atoms with Gasteiger partial charge in [-0.2, -0.15) is 0 Å². The Kier molecular flexibility index (Phi) is 10.1. The van der Waals surface area contributed by atoms with Crippen molar-refractivity contribution in [1.29, 1.82) is 0 Å². The van der Waals surface area contributed by atoms with E-state index in [0.717, 1.165) is 0 Å². The van der Waals surface area contributed by atoms with E-state index in [1.54, 1.807) is 33.8 Å². The van der Waals surface area contributed by atoms with Crippen LogP contribution in [0.25, 0.3) is 0 Å². The van der Waals surface area contributed by atoms with E-state index in [1.807, 2.05) is 25.9 Å². The highest BCUT2D eigenvalue weighted by Crippen LogP contribution is 2.21. The van der Waals surface area contributed by atoms with E-state index < -0.39 is 29.5 Å². The summed E-state index contributed by atoms with van der Waals surface area (Å²) in [5, 5.41) is 8.88. The molecule has 0 saturated carbocycles. The summed E-state index contributed by atoms with van der Waals surface area (Å²) in [6.07, 6.45) is 0.405. The molecule has 1 aromatic carbocycles. The predicted octanol–water partition coefficient (Wildman–Crippen LogP) is 2.15. The molecule has 1 heterocycles. The van der Waals surface area contributed by atoms with Crippen molar-refractivity contribution in [2.75, 3.05) is 33.0 Å². The molecule has 3 amide bonds. The molecule has 0 radical (unpaired) electrons. The first-order valence-corrected chi connectivity index (χ1v) is 12.5. The maximum Gasteiger partial charge on any atom is 0.410 e. The van der Waals surface area contributed by atoms with Crippen molar-refractivity contribution in [2.24, 2.45) is 10.7 Å². The molecule has 0 aliphatic carbocycles. The van der Waals surface area contributed by atoms with Crippen molar-refractivity contribution in [3.63, 3.8) is 0 Å². The average Bonchev–Trinajstić information content (AvgIpc) is 2.81. The zero-order valence-electron chi connectivity index (χ0n) is 23.4. The van der Waals surface area contributed by atoms with Gasteiger partial charge < -0.3 is 31.3 Å². The van der Waals surface area contributed by atoms with E-state index >= 15 is 0 Å². The number of ether oxygens (including phenoxy) is 1. The van der Waals surface area contributed by atoms with Gasteiger partial charge in [-0.15, -0.1) is 0 Å². The standard InChI is InChI=1S/C26H40FN7O4/c1-9-19-23(33(6)7)32-22(20(31-19)21(28)35)30-18-13-16(12-17(27)14-18)10-11-29-24(36)15(2)34(8)25(37)38-26(3,4)5/h12-15,19,30-31H,9-11H2,1-8H3,(H2,28,35)(H,29,36)/t15-,19?/m0/s1. The SMILES string of the molecule is CCC1NC(C(N)=O)=C(Nc2cc(F)cc(CCNC(=O)[C@H](C)N(C)C(=O)OC(C)(C)C)c2)N=C1N(C)C. The van der Waals surface area contributed by atoms with Crippen LogP contribution in [0.3, 0.4) is 0 Å². The quantitative estimate of drug-likeness (QED) is 0.381. The summed E-state index contributed by atoms with van der Waals surface area (Å²) < 4.78 is 19.7. The smallest absolute Gasteiger partial charge is 0.410 e. The summed E-state index contributed by atoms with van der Waals surface area (Å²) in [7, 11) is 5.18. The van der Waals surface area contributed by atoms with Crippen LogP contribution in [-0.2, 0) is 20.7 Å². The molecule has 2 atom stereocenters. The van der Waals surface area contributed by atoms with Crippen LogP contribution in [0, 0.1) is 5.82 Å². The fraction of sp³-hybridized carbons (Fsp3) is 0.538. The van der Waals surface area contributed by atoms with Gasteiger partial charge in [0, 0.05) is 33.4 Å². The predicted molar refractivity (Wildman–Crippen MR) is 145 cm³/mol. The van der Waals surface area contributed by atoms with Crippen LogP contribution >= 0.6 is 0 Å². The minimum Gasteiger partial charge on any atom is -0.444 e.